The average molecular weight is 232 g/mol. The Balaban J connectivity index is 2.48. The lowest BCUT2D eigenvalue weighted by molar-refractivity contribution is 0.626. The third-order valence-corrected chi connectivity index (χ3v) is 4.23. The monoisotopic (exact) mass is 232 g/mol. The number of halogens is 1. The Kier molecular flexibility index (Phi) is 5.19. The summed E-state index contributed by atoms with van der Waals surface area (Å²) in [7, 11) is -0.981. The summed E-state index contributed by atoms with van der Waals surface area (Å²) in [5.74, 6) is 2.29. The predicted octanol–water partition coefficient (Wildman–Crippen LogP) is 2.69. The first kappa shape index (κ1) is 11.7. The van der Waals surface area contributed by atoms with Gasteiger partial charge >= 0.3 is 0 Å². The van der Waals surface area contributed by atoms with E-state index in [2.05, 4.69) is 6.92 Å². The van der Waals surface area contributed by atoms with Crippen LogP contribution in [0.5, 0.6) is 0 Å². The fraction of sp³-hybridized carbons (Fsp3) is 0.400. The Bertz CT molecular complexity index is 297. The molecule has 0 amide bonds. The van der Waals surface area contributed by atoms with Gasteiger partial charge in [0.05, 0.1) is 10.8 Å². The number of hydrogen-bond acceptors (Lipinski definition) is 2. The van der Waals surface area contributed by atoms with Crippen molar-refractivity contribution in [3.8, 4) is 0 Å². The fourth-order valence-corrected chi connectivity index (χ4v) is 3.02. The average Bonchev–Trinajstić information content (AvgIpc) is 2.19. The lowest BCUT2D eigenvalue weighted by Crippen LogP contribution is -2.00. The second kappa shape index (κ2) is 6.19. The molecule has 0 heterocycles. The molecule has 78 valence electrons. The molecule has 1 aromatic carbocycles. The Labute approximate surface area is 90.6 Å². The molecule has 1 unspecified atom stereocenters. The highest BCUT2D eigenvalue weighted by Gasteiger charge is 2.02. The van der Waals surface area contributed by atoms with Crippen LogP contribution >= 0.6 is 11.8 Å². The van der Waals surface area contributed by atoms with Gasteiger partial charge in [0, 0.05) is 16.4 Å². The molecule has 0 saturated heterocycles. The van der Waals surface area contributed by atoms with Gasteiger partial charge in [-0.1, -0.05) is 6.92 Å². The van der Waals surface area contributed by atoms with Gasteiger partial charge in [0.25, 0.3) is 0 Å². The van der Waals surface area contributed by atoms with Crippen molar-refractivity contribution >= 4 is 22.6 Å². The molecule has 0 N–H and O–H groups in total. The molecule has 1 atom stereocenters. The van der Waals surface area contributed by atoms with Gasteiger partial charge in [-0.25, -0.2) is 4.39 Å². The minimum absolute atomic E-state index is 0.284. The number of rotatable bonds is 5. The van der Waals surface area contributed by atoms with Crippen molar-refractivity contribution in [1.82, 2.24) is 0 Å². The lowest BCUT2D eigenvalue weighted by atomic mass is 10.4. The molecule has 0 bridgehead atoms. The fourth-order valence-electron chi connectivity index (χ4n) is 0.983. The Morgan fingerprint density at radius 3 is 2.57 bits per heavy atom. The van der Waals surface area contributed by atoms with Crippen molar-refractivity contribution in [2.75, 3.05) is 17.3 Å². The molecular formula is C10H13FOS2. The van der Waals surface area contributed by atoms with Crippen LogP contribution in [0.3, 0.4) is 0 Å². The first-order valence-corrected chi connectivity index (χ1v) is 6.93. The molecule has 14 heavy (non-hydrogen) atoms. The SMILES string of the molecule is CCSCCS(=O)c1ccc(F)cc1. The van der Waals surface area contributed by atoms with Gasteiger partial charge in [-0.05, 0) is 30.0 Å². The number of thioether (sulfide) groups is 1. The Hall–Kier alpha value is -0.350. The minimum atomic E-state index is -0.981. The zero-order chi connectivity index (χ0) is 10.4. The molecule has 0 radical (unpaired) electrons. The minimum Gasteiger partial charge on any atom is -0.254 e. The van der Waals surface area contributed by atoms with E-state index in [1.54, 1.807) is 23.9 Å². The molecule has 1 aromatic rings. The summed E-state index contributed by atoms with van der Waals surface area (Å²) in [5.41, 5.74) is 0. The maximum absolute atomic E-state index is 12.6. The van der Waals surface area contributed by atoms with Crippen LogP contribution in [0, 0.1) is 5.82 Å². The van der Waals surface area contributed by atoms with Crippen LogP contribution in [0.15, 0.2) is 29.2 Å². The molecule has 1 nitrogen and oxygen atoms in total. The molecule has 0 aliphatic heterocycles. The molecule has 0 aliphatic rings. The summed E-state index contributed by atoms with van der Waals surface area (Å²) in [6, 6.07) is 5.87. The molecule has 0 saturated carbocycles. The third-order valence-electron chi connectivity index (χ3n) is 1.69. The zero-order valence-electron chi connectivity index (χ0n) is 8.03. The van der Waals surface area contributed by atoms with Gasteiger partial charge in [-0.2, -0.15) is 11.8 Å². The van der Waals surface area contributed by atoms with Crippen LogP contribution in [-0.2, 0) is 10.8 Å². The standard InChI is InChI=1S/C10H13FOS2/c1-2-13-7-8-14(12)10-5-3-9(11)4-6-10/h3-6H,2,7-8H2,1H3. The second-order valence-electron chi connectivity index (χ2n) is 2.70. The number of benzene rings is 1. The van der Waals surface area contributed by atoms with E-state index in [0.29, 0.717) is 10.6 Å². The van der Waals surface area contributed by atoms with E-state index in [9.17, 15) is 8.60 Å². The van der Waals surface area contributed by atoms with E-state index < -0.39 is 10.8 Å². The summed E-state index contributed by atoms with van der Waals surface area (Å²) in [6.07, 6.45) is 0. The van der Waals surface area contributed by atoms with Crippen LogP contribution < -0.4 is 0 Å². The topological polar surface area (TPSA) is 17.1 Å². The highest BCUT2D eigenvalue weighted by atomic mass is 32.2. The summed E-state index contributed by atoms with van der Waals surface area (Å²) in [6.45, 7) is 2.07. The first-order valence-electron chi connectivity index (χ1n) is 4.45. The second-order valence-corrected chi connectivity index (χ2v) is 5.67. The largest absolute Gasteiger partial charge is 0.254 e. The predicted molar refractivity (Wildman–Crippen MR) is 60.7 cm³/mol. The molecule has 0 spiro atoms. The van der Waals surface area contributed by atoms with Crippen LogP contribution in [0.1, 0.15) is 6.92 Å². The van der Waals surface area contributed by atoms with E-state index in [-0.39, 0.29) is 5.82 Å². The van der Waals surface area contributed by atoms with Crippen LogP contribution in [0.4, 0.5) is 4.39 Å². The van der Waals surface area contributed by atoms with Gasteiger partial charge in [0.1, 0.15) is 5.82 Å². The molecule has 0 aliphatic carbocycles. The van der Waals surface area contributed by atoms with Crippen LogP contribution in [0.25, 0.3) is 0 Å². The highest BCUT2D eigenvalue weighted by molar-refractivity contribution is 8.00. The van der Waals surface area contributed by atoms with Crippen molar-refractivity contribution in [2.24, 2.45) is 0 Å². The maximum atomic E-state index is 12.6. The smallest absolute Gasteiger partial charge is 0.123 e. The normalized spacial score (nSPS) is 12.7. The van der Waals surface area contributed by atoms with Gasteiger partial charge in [0.15, 0.2) is 0 Å². The van der Waals surface area contributed by atoms with Gasteiger partial charge in [0.2, 0.25) is 0 Å². The summed E-state index contributed by atoms with van der Waals surface area (Å²) >= 11 is 1.77. The van der Waals surface area contributed by atoms with Crippen molar-refractivity contribution in [1.29, 1.82) is 0 Å². The summed E-state index contributed by atoms with van der Waals surface area (Å²) in [4.78, 5) is 0.711. The van der Waals surface area contributed by atoms with E-state index in [0.717, 1.165) is 11.5 Å². The quantitative estimate of drug-likeness (QED) is 0.726. The van der Waals surface area contributed by atoms with Crippen LogP contribution in [-0.4, -0.2) is 21.5 Å². The van der Waals surface area contributed by atoms with Gasteiger partial charge < -0.3 is 0 Å². The van der Waals surface area contributed by atoms with Crippen molar-refractivity contribution < 1.29 is 8.60 Å². The zero-order valence-corrected chi connectivity index (χ0v) is 9.67. The lowest BCUT2D eigenvalue weighted by Gasteiger charge is -2.01. The first-order chi connectivity index (χ1) is 6.74. The molecule has 0 aromatic heterocycles. The Morgan fingerprint density at radius 2 is 2.00 bits per heavy atom. The van der Waals surface area contributed by atoms with E-state index in [1.807, 2.05) is 0 Å². The van der Waals surface area contributed by atoms with Crippen molar-refractivity contribution in [2.45, 2.75) is 11.8 Å². The summed E-state index contributed by atoms with van der Waals surface area (Å²) < 4.78 is 24.2. The molecule has 4 heteroatoms. The van der Waals surface area contributed by atoms with Crippen LogP contribution in [0.2, 0.25) is 0 Å². The van der Waals surface area contributed by atoms with Gasteiger partial charge in [-0.15, -0.1) is 0 Å². The van der Waals surface area contributed by atoms with Crippen molar-refractivity contribution in [3.05, 3.63) is 30.1 Å². The third kappa shape index (κ3) is 3.80. The van der Waals surface area contributed by atoms with Gasteiger partial charge in [-0.3, -0.25) is 4.21 Å². The number of hydrogen-bond donors (Lipinski definition) is 0. The van der Waals surface area contributed by atoms with E-state index in [1.165, 1.54) is 12.1 Å². The highest BCUT2D eigenvalue weighted by Crippen LogP contribution is 2.09. The molecular weight excluding hydrogens is 219 g/mol. The molecule has 1 rings (SSSR count). The van der Waals surface area contributed by atoms with Crippen molar-refractivity contribution in [3.63, 3.8) is 0 Å². The maximum Gasteiger partial charge on any atom is 0.123 e. The Morgan fingerprint density at radius 1 is 1.36 bits per heavy atom. The van der Waals surface area contributed by atoms with E-state index >= 15 is 0 Å². The summed E-state index contributed by atoms with van der Waals surface area (Å²) in [5, 5.41) is 0. The molecule has 0 fully saturated rings. The van der Waals surface area contributed by atoms with E-state index in [4.69, 9.17) is 0 Å².